The Morgan fingerprint density at radius 3 is 2.00 bits per heavy atom. The number of amides is 1. The number of benzene rings is 4. The van der Waals surface area contributed by atoms with Gasteiger partial charge in [-0.05, 0) is 48.4 Å². The zero-order chi connectivity index (χ0) is 28.4. The van der Waals surface area contributed by atoms with Crippen molar-refractivity contribution in [3.05, 3.63) is 132 Å². The Hall–Kier alpha value is -5.08. The summed E-state index contributed by atoms with van der Waals surface area (Å²) in [5.41, 5.74) is 3.47. The van der Waals surface area contributed by atoms with E-state index in [4.69, 9.17) is 9.97 Å². The third-order valence-corrected chi connectivity index (χ3v) is 8.73. The maximum Gasteiger partial charge on any atom is 0.249 e. The van der Waals surface area contributed by atoms with Crippen LogP contribution in [0.2, 0.25) is 0 Å². The summed E-state index contributed by atoms with van der Waals surface area (Å²) in [4.78, 5) is 23.1. The van der Waals surface area contributed by atoms with Gasteiger partial charge in [-0.1, -0.05) is 91.0 Å². The second kappa shape index (κ2) is 10.8. The van der Waals surface area contributed by atoms with Gasteiger partial charge in [-0.3, -0.25) is 4.79 Å². The van der Waals surface area contributed by atoms with E-state index in [1.54, 1.807) is 34.9 Å². The molecule has 0 saturated carbocycles. The van der Waals surface area contributed by atoms with E-state index in [0.29, 0.717) is 16.7 Å². The average molecular weight is 559 g/mol. The molecule has 202 valence electrons. The van der Waals surface area contributed by atoms with E-state index in [0.717, 1.165) is 11.1 Å². The maximum atomic E-state index is 14.3. The lowest BCUT2D eigenvalue weighted by Gasteiger charge is -2.19. The monoisotopic (exact) mass is 558 g/mol. The number of hydrogen-bond donors (Lipinski definition) is 1. The molecule has 8 heteroatoms. The zero-order valence-corrected chi connectivity index (χ0v) is 23.0. The summed E-state index contributed by atoms with van der Waals surface area (Å²) >= 11 is 0. The molecule has 0 aliphatic heterocycles. The van der Waals surface area contributed by atoms with Crippen molar-refractivity contribution in [3.8, 4) is 0 Å². The lowest BCUT2D eigenvalue weighted by atomic mass is 10.1. The second-order valence-electron chi connectivity index (χ2n) is 9.57. The molecule has 0 fully saturated rings. The first kappa shape index (κ1) is 26.2. The summed E-state index contributed by atoms with van der Waals surface area (Å²) in [6.07, 6.45) is 3.07. The van der Waals surface area contributed by atoms with Crippen LogP contribution in [0.5, 0.6) is 0 Å². The van der Waals surface area contributed by atoms with E-state index in [-0.39, 0.29) is 27.2 Å². The number of fused-ring (bicyclic) bond motifs is 2. The lowest BCUT2D eigenvalue weighted by molar-refractivity contribution is -0.111. The van der Waals surface area contributed by atoms with Crippen LogP contribution in [0.25, 0.3) is 28.3 Å². The Morgan fingerprint density at radius 1 is 0.780 bits per heavy atom. The Kier molecular flexibility index (Phi) is 6.91. The molecule has 4 aromatic carbocycles. The van der Waals surface area contributed by atoms with Gasteiger partial charge >= 0.3 is 0 Å². The fourth-order valence-corrected chi connectivity index (χ4v) is 6.43. The predicted octanol–water partition coefficient (Wildman–Crippen LogP) is 6.68. The smallest absolute Gasteiger partial charge is 0.249 e. The van der Waals surface area contributed by atoms with Crippen molar-refractivity contribution < 1.29 is 13.2 Å². The van der Waals surface area contributed by atoms with E-state index in [1.807, 2.05) is 85.8 Å². The topological polar surface area (TPSA) is 94.0 Å². The van der Waals surface area contributed by atoms with Gasteiger partial charge in [-0.15, -0.1) is 0 Å². The van der Waals surface area contributed by atoms with Crippen molar-refractivity contribution in [1.82, 2.24) is 14.5 Å². The summed E-state index contributed by atoms with van der Waals surface area (Å²) in [6, 6.07) is 34.2. The largest absolute Gasteiger partial charge is 0.307 e. The van der Waals surface area contributed by atoms with Crippen LogP contribution in [0.1, 0.15) is 24.1 Å². The van der Waals surface area contributed by atoms with Crippen molar-refractivity contribution in [2.45, 2.75) is 22.8 Å². The zero-order valence-electron chi connectivity index (χ0n) is 22.2. The third-order valence-electron chi connectivity index (χ3n) is 6.91. The summed E-state index contributed by atoms with van der Waals surface area (Å²) < 4.78 is 30.3. The number of nitrogens with zero attached hydrogens (tertiary/aromatic N) is 3. The van der Waals surface area contributed by atoms with Crippen molar-refractivity contribution in [3.63, 3.8) is 0 Å². The summed E-state index contributed by atoms with van der Waals surface area (Å²) in [5, 5.41) is 2.90. The van der Waals surface area contributed by atoms with Gasteiger partial charge in [0.15, 0.2) is 5.65 Å². The van der Waals surface area contributed by atoms with E-state index < -0.39 is 15.7 Å². The molecule has 1 amide bonds. The molecule has 0 saturated heterocycles. The van der Waals surface area contributed by atoms with Crippen LogP contribution in [0.4, 0.5) is 5.82 Å². The standard InChI is InChI=1S/C33H26N4O3S/c1-23(25-15-7-3-8-16-25)37-32-30(34-27-19-11-12-20-28(27)35-32)31(41(39,40)26-17-9-4-10-18-26)33(37)36-29(38)22-21-24-13-5-2-6-14-24/h2-23H,1H3,(H,36,38)/b22-21+/t23-/m1/s1. The highest BCUT2D eigenvalue weighted by Gasteiger charge is 2.33. The van der Waals surface area contributed by atoms with Crippen molar-refractivity contribution >= 4 is 49.8 Å². The van der Waals surface area contributed by atoms with Crippen LogP contribution in [0.3, 0.4) is 0 Å². The van der Waals surface area contributed by atoms with Gasteiger partial charge in [0.25, 0.3) is 0 Å². The molecule has 0 spiro atoms. The highest BCUT2D eigenvalue weighted by atomic mass is 32.2. The van der Waals surface area contributed by atoms with Crippen LogP contribution in [-0.2, 0) is 14.6 Å². The first-order valence-electron chi connectivity index (χ1n) is 13.1. The summed E-state index contributed by atoms with van der Waals surface area (Å²) in [6.45, 7) is 1.94. The molecule has 41 heavy (non-hydrogen) atoms. The maximum absolute atomic E-state index is 14.3. The minimum absolute atomic E-state index is 0.0942. The molecule has 6 rings (SSSR count). The van der Waals surface area contributed by atoms with Gasteiger partial charge in [0.05, 0.1) is 22.0 Å². The number of aromatic nitrogens is 3. The van der Waals surface area contributed by atoms with Crippen molar-refractivity contribution in [2.75, 3.05) is 5.32 Å². The van der Waals surface area contributed by atoms with E-state index in [9.17, 15) is 13.2 Å². The number of carbonyl (C=O) groups is 1. The normalized spacial score (nSPS) is 12.6. The molecule has 0 aliphatic carbocycles. The highest BCUT2D eigenvalue weighted by molar-refractivity contribution is 7.92. The SMILES string of the molecule is C[C@H](c1ccccc1)n1c(NC(=O)/C=C/c2ccccc2)c(S(=O)(=O)c2ccccc2)c2nc3ccccc3nc21. The molecular weight excluding hydrogens is 532 g/mol. The number of carbonyl (C=O) groups excluding carboxylic acids is 1. The first-order chi connectivity index (χ1) is 19.9. The molecule has 0 unspecified atom stereocenters. The minimum atomic E-state index is -4.13. The van der Waals surface area contributed by atoms with Crippen LogP contribution < -0.4 is 5.32 Å². The van der Waals surface area contributed by atoms with Crippen LogP contribution in [-0.4, -0.2) is 28.9 Å². The third kappa shape index (κ3) is 5.01. The molecule has 6 aromatic rings. The van der Waals surface area contributed by atoms with Gasteiger partial charge in [0.1, 0.15) is 16.2 Å². The Balaban J connectivity index is 1.63. The van der Waals surface area contributed by atoms with E-state index in [2.05, 4.69) is 5.32 Å². The second-order valence-corrected chi connectivity index (χ2v) is 11.5. The van der Waals surface area contributed by atoms with Gasteiger partial charge in [-0.2, -0.15) is 0 Å². The highest BCUT2D eigenvalue weighted by Crippen LogP contribution is 2.40. The van der Waals surface area contributed by atoms with Gasteiger partial charge in [0, 0.05) is 6.08 Å². The summed E-state index contributed by atoms with van der Waals surface area (Å²) in [5.74, 6) is -0.370. The molecule has 2 aromatic heterocycles. The lowest BCUT2D eigenvalue weighted by Crippen LogP contribution is -2.18. The quantitative estimate of drug-likeness (QED) is 0.221. The number of nitrogens with one attached hydrogen (secondary N) is 1. The van der Waals surface area contributed by atoms with E-state index >= 15 is 0 Å². The summed E-state index contributed by atoms with van der Waals surface area (Å²) in [7, 11) is -4.13. The molecular formula is C33H26N4O3S. The van der Waals surface area contributed by atoms with Crippen LogP contribution in [0.15, 0.2) is 131 Å². The number of para-hydroxylation sites is 2. The van der Waals surface area contributed by atoms with Gasteiger partial charge in [-0.25, -0.2) is 18.4 Å². The average Bonchev–Trinajstić information content (AvgIpc) is 3.32. The van der Waals surface area contributed by atoms with E-state index in [1.165, 1.54) is 18.2 Å². The predicted molar refractivity (Wildman–Crippen MR) is 161 cm³/mol. The van der Waals surface area contributed by atoms with Crippen LogP contribution in [0, 0.1) is 0 Å². The van der Waals surface area contributed by atoms with Crippen molar-refractivity contribution in [2.24, 2.45) is 0 Å². The van der Waals surface area contributed by atoms with Crippen molar-refractivity contribution in [1.29, 1.82) is 0 Å². The Morgan fingerprint density at radius 2 is 1.34 bits per heavy atom. The van der Waals surface area contributed by atoms with Gasteiger partial charge < -0.3 is 9.88 Å². The Labute approximate surface area is 237 Å². The fraction of sp³-hybridized carbons (Fsp3) is 0.0606. The molecule has 1 atom stereocenters. The number of rotatable bonds is 7. The van der Waals surface area contributed by atoms with Crippen LogP contribution >= 0.6 is 0 Å². The minimum Gasteiger partial charge on any atom is -0.307 e. The molecule has 0 bridgehead atoms. The number of sulfone groups is 1. The molecule has 0 aliphatic rings. The Bertz CT molecular complexity index is 2000. The number of hydrogen-bond acceptors (Lipinski definition) is 5. The molecule has 2 heterocycles. The number of anilines is 1. The molecule has 0 radical (unpaired) electrons. The first-order valence-corrected chi connectivity index (χ1v) is 14.6. The fourth-order valence-electron chi connectivity index (χ4n) is 4.88. The van der Waals surface area contributed by atoms with Gasteiger partial charge in [0.2, 0.25) is 15.7 Å². The molecule has 1 N–H and O–H groups in total. The molecule has 7 nitrogen and oxygen atoms in total.